The summed E-state index contributed by atoms with van der Waals surface area (Å²) in [7, 11) is -3.60. The molecule has 0 unspecified atom stereocenters. The summed E-state index contributed by atoms with van der Waals surface area (Å²) < 4.78 is 32.6. The van der Waals surface area contributed by atoms with Crippen LogP contribution < -0.4 is 10.0 Å². The van der Waals surface area contributed by atoms with Crippen LogP contribution in [0.2, 0.25) is 0 Å². The van der Waals surface area contributed by atoms with Gasteiger partial charge < -0.3 is 19.7 Å². The van der Waals surface area contributed by atoms with Crippen LogP contribution in [-0.4, -0.2) is 55.0 Å². The van der Waals surface area contributed by atoms with Crippen molar-refractivity contribution >= 4 is 38.5 Å². The van der Waals surface area contributed by atoms with Crippen LogP contribution in [0.25, 0.3) is 10.9 Å². The molecule has 0 aliphatic heterocycles. The number of anilines is 1. The average Bonchev–Trinajstić information content (AvgIpc) is 2.94. The van der Waals surface area contributed by atoms with E-state index in [1.807, 2.05) is 0 Å². The third-order valence-corrected chi connectivity index (χ3v) is 4.90. The molecule has 2 rings (SSSR count). The SMILES string of the molecule is CC(C)OCCS(=O)(=O)NCC(=O)Nc1ccc2c(ccn2CC(=O)O)c1. The van der Waals surface area contributed by atoms with Crippen molar-refractivity contribution in [1.82, 2.24) is 9.29 Å². The summed E-state index contributed by atoms with van der Waals surface area (Å²) in [6.07, 6.45) is 1.58. The zero-order valence-corrected chi connectivity index (χ0v) is 16.0. The number of carboxylic acids is 1. The second-order valence-corrected chi connectivity index (χ2v) is 8.15. The number of aliphatic carboxylic acids is 1. The van der Waals surface area contributed by atoms with Crippen molar-refractivity contribution in [2.75, 3.05) is 24.2 Å². The van der Waals surface area contributed by atoms with Crippen LogP contribution in [-0.2, 0) is 30.9 Å². The molecule has 0 bridgehead atoms. The molecule has 1 amide bonds. The molecule has 3 N–H and O–H groups in total. The van der Waals surface area contributed by atoms with Crippen molar-refractivity contribution in [2.45, 2.75) is 26.5 Å². The molecule has 0 radical (unpaired) electrons. The van der Waals surface area contributed by atoms with Crippen molar-refractivity contribution in [3.05, 3.63) is 30.5 Å². The highest BCUT2D eigenvalue weighted by molar-refractivity contribution is 7.89. The molecular weight excluding hydrogens is 374 g/mol. The van der Waals surface area contributed by atoms with E-state index in [9.17, 15) is 18.0 Å². The number of carboxylic acid groups (broad SMARTS) is 1. The Morgan fingerprint density at radius 1 is 1.26 bits per heavy atom. The van der Waals surface area contributed by atoms with Crippen molar-refractivity contribution in [3.63, 3.8) is 0 Å². The fraction of sp³-hybridized carbons (Fsp3) is 0.412. The van der Waals surface area contributed by atoms with Crippen LogP contribution in [0.1, 0.15) is 13.8 Å². The van der Waals surface area contributed by atoms with Gasteiger partial charge in [-0.3, -0.25) is 9.59 Å². The lowest BCUT2D eigenvalue weighted by atomic mass is 10.2. The highest BCUT2D eigenvalue weighted by atomic mass is 32.2. The number of sulfonamides is 1. The number of amides is 1. The maximum atomic E-state index is 12.0. The van der Waals surface area contributed by atoms with Crippen LogP contribution >= 0.6 is 0 Å². The van der Waals surface area contributed by atoms with E-state index >= 15 is 0 Å². The third kappa shape index (κ3) is 6.66. The van der Waals surface area contributed by atoms with Gasteiger partial charge >= 0.3 is 5.97 Å². The van der Waals surface area contributed by atoms with E-state index < -0.39 is 21.9 Å². The van der Waals surface area contributed by atoms with Gasteiger partial charge in [0.2, 0.25) is 15.9 Å². The summed E-state index contributed by atoms with van der Waals surface area (Å²) in [5.74, 6) is -1.68. The van der Waals surface area contributed by atoms with Gasteiger partial charge in [-0.2, -0.15) is 0 Å². The monoisotopic (exact) mass is 397 g/mol. The smallest absolute Gasteiger partial charge is 0.323 e. The zero-order valence-electron chi connectivity index (χ0n) is 15.1. The van der Waals surface area contributed by atoms with Gasteiger partial charge in [0, 0.05) is 22.8 Å². The number of rotatable bonds is 10. The lowest BCUT2D eigenvalue weighted by Crippen LogP contribution is -2.35. The van der Waals surface area contributed by atoms with Gasteiger partial charge in [-0.1, -0.05) is 0 Å². The Hall–Kier alpha value is -2.43. The highest BCUT2D eigenvalue weighted by Crippen LogP contribution is 2.20. The minimum absolute atomic E-state index is 0.0542. The number of nitrogens with one attached hydrogen (secondary N) is 2. The largest absolute Gasteiger partial charge is 0.480 e. The van der Waals surface area contributed by atoms with Crippen molar-refractivity contribution < 1.29 is 27.9 Å². The molecule has 10 heteroatoms. The van der Waals surface area contributed by atoms with Crippen molar-refractivity contribution in [1.29, 1.82) is 0 Å². The predicted molar refractivity (Wildman–Crippen MR) is 101 cm³/mol. The minimum Gasteiger partial charge on any atom is -0.480 e. The fourth-order valence-corrected chi connectivity index (χ4v) is 3.22. The lowest BCUT2D eigenvalue weighted by Gasteiger charge is -2.10. The van der Waals surface area contributed by atoms with E-state index in [4.69, 9.17) is 9.84 Å². The topological polar surface area (TPSA) is 127 Å². The quantitative estimate of drug-likeness (QED) is 0.549. The first-order chi connectivity index (χ1) is 12.7. The van der Waals surface area contributed by atoms with Crippen LogP contribution in [0.5, 0.6) is 0 Å². The molecule has 2 aromatic rings. The normalized spacial score (nSPS) is 11.8. The van der Waals surface area contributed by atoms with Gasteiger partial charge in [0.1, 0.15) is 6.54 Å². The number of aromatic nitrogens is 1. The summed E-state index contributed by atoms with van der Waals surface area (Å²) in [6, 6.07) is 6.76. The summed E-state index contributed by atoms with van der Waals surface area (Å²) in [5, 5.41) is 12.3. The van der Waals surface area contributed by atoms with Crippen molar-refractivity contribution in [2.24, 2.45) is 0 Å². The Bertz CT molecular complexity index is 920. The van der Waals surface area contributed by atoms with Gasteiger partial charge in [-0.05, 0) is 38.1 Å². The molecular formula is C17H23N3O6S. The van der Waals surface area contributed by atoms with Crippen LogP contribution in [0, 0.1) is 0 Å². The van der Waals surface area contributed by atoms with E-state index in [-0.39, 0.29) is 31.6 Å². The Balaban J connectivity index is 1.91. The van der Waals surface area contributed by atoms with Crippen LogP contribution in [0.3, 0.4) is 0 Å². The maximum Gasteiger partial charge on any atom is 0.323 e. The molecule has 9 nitrogen and oxygen atoms in total. The van der Waals surface area contributed by atoms with Gasteiger partial charge in [-0.25, -0.2) is 13.1 Å². The highest BCUT2D eigenvalue weighted by Gasteiger charge is 2.13. The number of hydrogen-bond acceptors (Lipinski definition) is 5. The lowest BCUT2D eigenvalue weighted by molar-refractivity contribution is -0.137. The summed E-state index contributed by atoms with van der Waals surface area (Å²) in [4.78, 5) is 22.8. The molecule has 1 aromatic heterocycles. The first kappa shape index (κ1) is 20.9. The number of ether oxygens (including phenoxy) is 1. The first-order valence-corrected chi connectivity index (χ1v) is 10.0. The molecule has 0 fully saturated rings. The Morgan fingerprint density at radius 3 is 2.67 bits per heavy atom. The van der Waals surface area contributed by atoms with Gasteiger partial charge in [0.05, 0.1) is 25.0 Å². The molecule has 0 saturated heterocycles. The second-order valence-electron chi connectivity index (χ2n) is 6.22. The number of carbonyl (C=O) groups excluding carboxylic acids is 1. The maximum absolute atomic E-state index is 12.0. The molecule has 27 heavy (non-hydrogen) atoms. The number of hydrogen-bond donors (Lipinski definition) is 3. The zero-order chi connectivity index (χ0) is 20.0. The Labute approximate surface area is 157 Å². The van der Waals surface area contributed by atoms with Crippen LogP contribution in [0.15, 0.2) is 30.5 Å². The minimum atomic E-state index is -3.60. The Morgan fingerprint density at radius 2 is 2.00 bits per heavy atom. The molecule has 0 spiro atoms. The van der Waals surface area contributed by atoms with E-state index in [2.05, 4.69) is 10.0 Å². The van der Waals surface area contributed by atoms with Gasteiger partial charge in [-0.15, -0.1) is 0 Å². The van der Waals surface area contributed by atoms with E-state index in [0.29, 0.717) is 5.69 Å². The van der Waals surface area contributed by atoms with E-state index in [1.54, 1.807) is 48.9 Å². The average molecular weight is 397 g/mol. The number of nitrogens with zero attached hydrogens (tertiary/aromatic N) is 1. The molecule has 0 aliphatic carbocycles. The standard InChI is InChI=1S/C17H23N3O6S/c1-12(2)26-7-8-27(24,25)18-10-16(21)19-14-3-4-15-13(9-14)5-6-20(15)11-17(22)23/h3-6,9,12,18H,7-8,10-11H2,1-2H3,(H,19,21)(H,22,23). The van der Waals surface area contributed by atoms with E-state index in [0.717, 1.165) is 10.9 Å². The van der Waals surface area contributed by atoms with Gasteiger partial charge in [0.15, 0.2) is 0 Å². The summed E-state index contributed by atoms with van der Waals surface area (Å²) >= 11 is 0. The van der Waals surface area contributed by atoms with Gasteiger partial charge in [0.25, 0.3) is 0 Å². The third-order valence-electron chi connectivity index (χ3n) is 3.62. The molecule has 1 heterocycles. The molecule has 148 valence electrons. The van der Waals surface area contributed by atoms with Crippen molar-refractivity contribution in [3.8, 4) is 0 Å². The fourth-order valence-electron chi connectivity index (χ4n) is 2.41. The summed E-state index contributed by atoms with van der Waals surface area (Å²) in [6.45, 7) is 3.12. The molecule has 0 saturated carbocycles. The molecule has 1 aromatic carbocycles. The first-order valence-electron chi connectivity index (χ1n) is 8.36. The van der Waals surface area contributed by atoms with E-state index in [1.165, 1.54) is 0 Å². The molecule has 0 atom stereocenters. The van der Waals surface area contributed by atoms with Crippen LogP contribution in [0.4, 0.5) is 5.69 Å². The molecule has 0 aliphatic rings. The number of benzene rings is 1. The predicted octanol–water partition coefficient (Wildman–Crippen LogP) is 1.01. The summed E-state index contributed by atoms with van der Waals surface area (Å²) in [5.41, 5.74) is 1.21. The second kappa shape index (κ2) is 8.98. The number of carbonyl (C=O) groups is 2. The number of fused-ring (bicyclic) bond motifs is 1. The Kier molecular flexibility index (Phi) is 6.94.